The molecule has 0 saturated carbocycles. The molecule has 1 saturated heterocycles. The number of rotatable bonds is 5. The standard InChI is InChI=1S/C12H22F3N3O/c1-2-3-10(9-16)17-4-6-18(7-5-17)11(19)8-12(13,14)15/h10H,2-9,16H2,1H3. The quantitative estimate of drug-likeness (QED) is 0.824. The van der Waals surface area contributed by atoms with Crippen LogP contribution in [0.5, 0.6) is 0 Å². The number of carbonyl (C=O) groups is 1. The summed E-state index contributed by atoms with van der Waals surface area (Å²) in [5.74, 6) is -0.827. The van der Waals surface area contributed by atoms with Gasteiger partial charge in [-0.15, -0.1) is 0 Å². The second-order valence-corrected chi connectivity index (χ2v) is 4.89. The summed E-state index contributed by atoms with van der Waals surface area (Å²) in [6.45, 7) is 4.54. The predicted octanol–water partition coefficient (Wildman–Crippen LogP) is 1.21. The Bertz CT molecular complexity index is 288. The maximum Gasteiger partial charge on any atom is 0.397 e. The topological polar surface area (TPSA) is 49.6 Å². The minimum absolute atomic E-state index is 0.268. The molecule has 7 heteroatoms. The summed E-state index contributed by atoms with van der Waals surface area (Å²) in [5.41, 5.74) is 5.70. The van der Waals surface area contributed by atoms with E-state index < -0.39 is 18.5 Å². The lowest BCUT2D eigenvalue weighted by Crippen LogP contribution is -2.54. The Morgan fingerprint density at radius 3 is 2.26 bits per heavy atom. The predicted molar refractivity (Wildman–Crippen MR) is 66.6 cm³/mol. The fourth-order valence-corrected chi connectivity index (χ4v) is 2.40. The van der Waals surface area contributed by atoms with Crippen LogP contribution in [0, 0.1) is 0 Å². The SMILES string of the molecule is CCCC(CN)N1CCN(C(=O)CC(F)(F)F)CC1. The summed E-state index contributed by atoms with van der Waals surface area (Å²) in [4.78, 5) is 14.9. The maximum absolute atomic E-state index is 12.1. The van der Waals surface area contributed by atoms with E-state index >= 15 is 0 Å². The van der Waals surface area contributed by atoms with Gasteiger partial charge in [0.05, 0.1) is 0 Å². The summed E-state index contributed by atoms with van der Waals surface area (Å²) < 4.78 is 36.4. The molecule has 112 valence electrons. The van der Waals surface area contributed by atoms with Crippen molar-refractivity contribution in [2.75, 3.05) is 32.7 Å². The zero-order chi connectivity index (χ0) is 14.5. The van der Waals surface area contributed by atoms with E-state index in [4.69, 9.17) is 5.73 Å². The van der Waals surface area contributed by atoms with Crippen LogP contribution in [0.15, 0.2) is 0 Å². The Labute approximate surface area is 111 Å². The molecule has 19 heavy (non-hydrogen) atoms. The van der Waals surface area contributed by atoms with Crippen molar-refractivity contribution in [1.82, 2.24) is 9.80 Å². The Kier molecular flexibility index (Phi) is 6.06. The molecule has 0 aromatic carbocycles. The zero-order valence-electron chi connectivity index (χ0n) is 11.2. The highest BCUT2D eigenvalue weighted by molar-refractivity contribution is 5.76. The lowest BCUT2D eigenvalue weighted by atomic mass is 10.1. The molecule has 0 aromatic rings. The number of nitrogens with two attached hydrogens (primary N) is 1. The monoisotopic (exact) mass is 281 g/mol. The molecule has 1 rings (SSSR count). The van der Waals surface area contributed by atoms with Crippen LogP contribution in [0.2, 0.25) is 0 Å². The number of alkyl halides is 3. The summed E-state index contributed by atoms with van der Waals surface area (Å²) in [6, 6.07) is 0.268. The number of hydrogen-bond donors (Lipinski definition) is 1. The molecule has 1 atom stereocenters. The van der Waals surface area contributed by atoms with Crippen molar-refractivity contribution in [2.45, 2.75) is 38.4 Å². The maximum atomic E-state index is 12.1. The van der Waals surface area contributed by atoms with Crippen molar-refractivity contribution in [1.29, 1.82) is 0 Å². The molecule has 1 aliphatic heterocycles. The fraction of sp³-hybridized carbons (Fsp3) is 0.917. The average molecular weight is 281 g/mol. The van der Waals surface area contributed by atoms with Gasteiger partial charge in [0.15, 0.2) is 0 Å². The van der Waals surface area contributed by atoms with E-state index in [1.54, 1.807) is 0 Å². The minimum Gasteiger partial charge on any atom is -0.340 e. The van der Waals surface area contributed by atoms with Crippen molar-refractivity contribution in [3.8, 4) is 0 Å². The van der Waals surface area contributed by atoms with Gasteiger partial charge < -0.3 is 10.6 Å². The van der Waals surface area contributed by atoms with Crippen LogP contribution < -0.4 is 5.73 Å². The lowest BCUT2D eigenvalue weighted by Gasteiger charge is -2.39. The first-order chi connectivity index (χ1) is 8.87. The van der Waals surface area contributed by atoms with Crippen molar-refractivity contribution in [3.63, 3.8) is 0 Å². The summed E-state index contributed by atoms with van der Waals surface area (Å²) >= 11 is 0. The Hall–Kier alpha value is -0.820. The number of nitrogens with zero attached hydrogens (tertiary/aromatic N) is 2. The van der Waals surface area contributed by atoms with E-state index in [0.29, 0.717) is 32.7 Å². The Balaban J connectivity index is 2.42. The first-order valence-electron chi connectivity index (χ1n) is 6.66. The largest absolute Gasteiger partial charge is 0.397 e. The molecule has 1 heterocycles. The van der Waals surface area contributed by atoms with Crippen molar-refractivity contribution in [2.24, 2.45) is 5.73 Å². The normalized spacial score (nSPS) is 19.5. The molecule has 0 radical (unpaired) electrons. The molecule has 1 fully saturated rings. The van der Waals surface area contributed by atoms with E-state index in [9.17, 15) is 18.0 Å². The van der Waals surface area contributed by atoms with E-state index in [2.05, 4.69) is 11.8 Å². The third-order valence-electron chi connectivity index (χ3n) is 3.43. The van der Waals surface area contributed by atoms with Crippen LogP contribution in [-0.2, 0) is 4.79 Å². The van der Waals surface area contributed by atoms with Crippen LogP contribution in [0.4, 0.5) is 13.2 Å². The highest BCUT2D eigenvalue weighted by Gasteiger charge is 2.34. The molecule has 0 bridgehead atoms. The molecule has 0 aliphatic carbocycles. The summed E-state index contributed by atoms with van der Waals surface area (Å²) in [6.07, 6.45) is -3.78. The number of hydrogen-bond acceptors (Lipinski definition) is 3. The zero-order valence-corrected chi connectivity index (χ0v) is 11.2. The summed E-state index contributed by atoms with van der Waals surface area (Å²) in [7, 11) is 0. The molecule has 2 N–H and O–H groups in total. The van der Waals surface area contributed by atoms with Gasteiger partial charge >= 0.3 is 6.18 Å². The number of carbonyl (C=O) groups excluding carboxylic acids is 1. The average Bonchev–Trinajstić information content (AvgIpc) is 2.34. The van der Waals surface area contributed by atoms with Gasteiger partial charge in [0.1, 0.15) is 6.42 Å². The van der Waals surface area contributed by atoms with Crippen LogP contribution in [0.1, 0.15) is 26.2 Å². The molecular formula is C12H22F3N3O. The van der Waals surface area contributed by atoms with Crippen molar-refractivity contribution < 1.29 is 18.0 Å². The molecule has 1 unspecified atom stereocenters. The first kappa shape index (κ1) is 16.2. The van der Waals surface area contributed by atoms with Crippen LogP contribution in [0.3, 0.4) is 0 Å². The highest BCUT2D eigenvalue weighted by atomic mass is 19.4. The first-order valence-corrected chi connectivity index (χ1v) is 6.66. The van der Waals surface area contributed by atoms with Crippen LogP contribution in [-0.4, -0.2) is 60.6 Å². The Morgan fingerprint density at radius 2 is 1.84 bits per heavy atom. The van der Waals surface area contributed by atoms with Crippen molar-refractivity contribution >= 4 is 5.91 Å². The van der Waals surface area contributed by atoms with E-state index in [1.165, 1.54) is 4.90 Å². The fourth-order valence-electron chi connectivity index (χ4n) is 2.40. The van der Waals surface area contributed by atoms with Crippen LogP contribution >= 0.6 is 0 Å². The second kappa shape index (κ2) is 7.09. The van der Waals surface area contributed by atoms with Gasteiger partial charge in [-0.1, -0.05) is 13.3 Å². The van der Waals surface area contributed by atoms with Crippen molar-refractivity contribution in [3.05, 3.63) is 0 Å². The van der Waals surface area contributed by atoms with E-state index in [-0.39, 0.29) is 6.04 Å². The number of halogens is 3. The van der Waals surface area contributed by atoms with Gasteiger partial charge in [0.2, 0.25) is 5.91 Å². The number of piperazine rings is 1. The van der Waals surface area contributed by atoms with Crippen LogP contribution in [0.25, 0.3) is 0 Å². The molecule has 1 amide bonds. The van der Waals surface area contributed by atoms with E-state index in [1.807, 2.05) is 0 Å². The third-order valence-corrected chi connectivity index (χ3v) is 3.43. The molecule has 0 spiro atoms. The molecule has 4 nitrogen and oxygen atoms in total. The van der Waals surface area contributed by atoms with Gasteiger partial charge in [-0.05, 0) is 6.42 Å². The second-order valence-electron chi connectivity index (χ2n) is 4.89. The molecule has 0 aromatic heterocycles. The van der Waals surface area contributed by atoms with Gasteiger partial charge in [0.25, 0.3) is 0 Å². The molecule has 1 aliphatic rings. The van der Waals surface area contributed by atoms with E-state index in [0.717, 1.165) is 12.8 Å². The van der Waals surface area contributed by atoms with Gasteiger partial charge in [-0.2, -0.15) is 13.2 Å². The van der Waals surface area contributed by atoms with Gasteiger partial charge in [0, 0.05) is 38.8 Å². The highest BCUT2D eigenvalue weighted by Crippen LogP contribution is 2.21. The lowest BCUT2D eigenvalue weighted by molar-refractivity contribution is -0.162. The Morgan fingerprint density at radius 1 is 1.26 bits per heavy atom. The summed E-state index contributed by atoms with van der Waals surface area (Å²) in [5, 5.41) is 0. The van der Waals surface area contributed by atoms with Gasteiger partial charge in [-0.3, -0.25) is 9.69 Å². The smallest absolute Gasteiger partial charge is 0.340 e. The van der Waals surface area contributed by atoms with Gasteiger partial charge in [-0.25, -0.2) is 0 Å². The molecular weight excluding hydrogens is 259 g/mol. The minimum atomic E-state index is -4.42. The third kappa shape index (κ3) is 5.36. The number of amides is 1.